The zero-order chi connectivity index (χ0) is 9.10. The molecule has 14 heavy (non-hydrogen) atoms. The van der Waals surface area contributed by atoms with E-state index >= 15 is 0 Å². The maximum absolute atomic E-state index is 5.43. The van der Waals surface area contributed by atoms with Gasteiger partial charge in [0.25, 0.3) is 0 Å². The van der Waals surface area contributed by atoms with Gasteiger partial charge >= 0.3 is 0 Å². The lowest BCUT2D eigenvalue weighted by Crippen LogP contribution is -2.34. The van der Waals surface area contributed by atoms with Crippen molar-refractivity contribution in [1.82, 2.24) is 5.32 Å². The highest BCUT2D eigenvalue weighted by molar-refractivity contribution is 14.1. The van der Waals surface area contributed by atoms with Gasteiger partial charge in [-0.05, 0) is 34.2 Å². The number of hydrogen-bond acceptors (Lipinski definition) is 2. The highest BCUT2D eigenvalue weighted by Gasteiger charge is 2.16. The number of ether oxygens (including phenoxy) is 1. The smallest absolute Gasteiger partial charge is 0.0662 e. The largest absolute Gasteiger partial charge is 0.378 e. The third-order valence-corrected chi connectivity index (χ3v) is 3.18. The molecule has 1 atom stereocenters. The van der Waals surface area contributed by atoms with Crippen LogP contribution < -0.4 is 5.32 Å². The normalized spacial score (nSPS) is 21.4. The fourth-order valence-corrected chi connectivity index (χ4v) is 2.29. The molecule has 78 valence electrons. The SMILES string of the molecule is Cl.Ic1ccccc1[C@H]1COCCN1. The molecular weight excluding hydrogens is 312 g/mol. The molecule has 1 fully saturated rings. The number of benzene rings is 1. The first kappa shape index (κ1) is 12.2. The topological polar surface area (TPSA) is 21.3 Å². The summed E-state index contributed by atoms with van der Waals surface area (Å²) < 4.78 is 6.73. The lowest BCUT2D eigenvalue weighted by molar-refractivity contribution is 0.0766. The van der Waals surface area contributed by atoms with Crippen LogP contribution in [0.15, 0.2) is 24.3 Å². The molecule has 1 aromatic rings. The van der Waals surface area contributed by atoms with E-state index < -0.39 is 0 Å². The number of morpholine rings is 1. The Kier molecular flexibility index (Phi) is 5.15. The van der Waals surface area contributed by atoms with Gasteiger partial charge in [0.1, 0.15) is 0 Å². The maximum Gasteiger partial charge on any atom is 0.0662 e. The molecular formula is C10H13ClINO. The average Bonchev–Trinajstić information content (AvgIpc) is 2.20. The average molecular weight is 326 g/mol. The zero-order valence-electron chi connectivity index (χ0n) is 7.70. The van der Waals surface area contributed by atoms with Crippen LogP contribution in [-0.4, -0.2) is 19.8 Å². The highest BCUT2D eigenvalue weighted by atomic mass is 127. The Balaban J connectivity index is 0.000000980. The van der Waals surface area contributed by atoms with E-state index in [1.54, 1.807) is 0 Å². The quantitative estimate of drug-likeness (QED) is 0.801. The number of nitrogens with one attached hydrogen (secondary N) is 1. The Hall–Kier alpha value is 0.160. The summed E-state index contributed by atoms with van der Waals surface area (Å²) in [5, 5.41) is 3.45. The Morgan fingerprint density at radius 1 is 1.36 bits per heavy atom. The van der Waals surface area contributed by atoms with E-state index in [2.05, 4.69) is 52.2 Å². The van der Waals surface area contributed by atoms with E-state index in [0.29, 0.717) is 6.04 Å². The molecule has 1 heterocycles. The van der Waals surface area contributed by atoms with Crippen LogP contribution in [0.3, 0.4) is 0 Å². The molecule has 1 aromatic carbocycles. The van der Waals surface area contributed by atoms with Crippen molar-refractivity contribution in [3.05, 3.63) is 33.4 Å². The van der Waals surface area contributed by atoms with Crippen LogP contribution in [0.25, 0.3) is 0 Å². The second kappa shape index (κ2) is 5.90. The van der Waals surface area contributed by atoms with Crippen LogP contribution in [0.4, 0.5) is 0 Å². The predicted molar refractivity (Wildman–Crippen MR) is 68.0 cm³/mol. The molecule has 1 saturated heterocycles. The monoisotopic (exact) mass is 325 g/mol. The Morgan fingerprint density at radius 2 is 2.14 bits per heavy atom. The minimum absolute atomic E-state index is 0. The lowest BCUT2D eigenvalue weighted by atomic mass is 10.1. The van der Waals surface area contributed by atoms with Crippen LogP contribution in [0, 0.1) is 3.57 Å². The highest BCUT2D eigenvalue weighted by Crippen LogP contribution is 2.21. The second-order valence-electron chi connectivity index (χ2n) is 3.10. The van der Waals surface area contributed by atoms with E-state index in [9.17, 15) is 0 Å². The first-order valence-corrected chi connectivity index (χ1v) is 5.51. The molecule has 0 saturated carbocycles. The summed E-state index contributed by atoms with van der Waals surface area (Å²) in [6.45, 7) is 2.58. The molecule has 0 unspecified atom stereocenters. The van der Waals surface area contributed by atoms with Crippen LogP contribution in [0.1, 0.15) is 11.6 Å². The summed E-state index contributed by atoms with van der Waals surface area (Å²) in [7, 11) is 0. The van der Waals surface area contributed by atoms with E-state index in [0.717, 1.165) is 19.8 Å². The molecule has 1 aliphatic rings. The van der Waals surface area contributed by atoms with Crippen molar-refractivity contribution in [2.45, 2.75) is 6.04 Å². The van der Waals surface area contributed by atoms with Gasteiger partial charge < -0.3 is 10.1 Å². The first-order chi connectivity index (χ1) is 6.38. The van der Waals surface area contributed by atoms with Crippen molar-refractivity contribution in [1.29, 1.82) is 0 Å². The Bertz CT molecular complexity index is 289. The molecule has 2 nitrogen and oxygen atoms in total. The van der Waals surface area contributed by atoms with Crippen LogP contribution in [0.5, 0.6) is 0 Å². The predicted octanol–water partition coefficient (Wildman–Crippen LogP) is 2.37. The standard InChI is InChI=1S/C10H12INO.ClH/c11-9-4-2-1-3-8(9)10-7-13-6-5-12-10;/h1-4,10,12H,5-7H2;1H/t10-;/m1./s1. The zero-order valence-corrected chi connectivity index (χ0v) is 10.7. The fourth-order valence-electron chi connectivity index (χ4n) is 1.52. The Morgan fingerprint density at radius 3 is 2.79 bits per heavy atom. The van der Waals surface area contributed by atoms with E-state index in [-0.39, 0.29) is 12.4 Å². The summed E-state index contributed by atoms with van der Waals surface area (Å²) in [5.41, 5.74) is 1.35. The van der Waals surface area contributed by atoms with Crippen LogP contribution >= 0.6 is 35.0 Å². The lowest BCUT2D eigenvalue weighted by Gasteiger charge is -2.24. The summed E-state index contributed by atoms with van der Waals surface area (Å²) in [5.74, 6) is 0. The molecule has 0 spiro atoms. The molecule has 2 rings (SSSR count). The van der Waals surface area contributed by atoms with Crippen molar-refractivity contribution < 1.29 is 4.74 Å². The van der Waals surface area contributed by atoms with Gasteiger partial charge in [-0.1, -0.05) is 18.2 Å². The first-order valence-electron chi connectivity index (χ1n) is 4.43. The third kappa shape index (κ3) is 2.82. The van der Waals surface area contributed by atoms with E-state index in [4.69, 9.17) is 4.74 Å². The van der Waals surface area contributed by atoms with Gasteiger partial charge in [0, 0.05) is 10.1 Å². The van der Waals surface area contributed by atoms with E-state index in [1.165, 1.54) is 9.13 Å². The van der Waals surface area contributed by atoms with Crippen molar-refractivity contribution in [2.75, 3.05) is 19.8 Å². The third-order valence-electron chi connectivity index (χ3n) is 2.20. The summed E-state index contributed by atoms with van der Waals surface area (Å²) in [6.07, 6.45) is 0. The number of hydrogen-bond donors (Lipinski definition) is 1. The molecule has 4 heteroatoms. The number of halogens is 2. The molecule has 0 aliphatic carbocycles. The summed E-state index contributed by atoms with van der Waals surface area (Å²) in [6, 6.07) is 8.81. The maximum atomic E-state index is 5.43. The minimum Gasteiger partial charge on any atom is -0.378 e. The minimum atomic E-state index is 0. The van der Waals surface area contributed by atoms with Crippen molar-refractivity contribution in [2.24, 2.45) is 0 Å². The molecule has 0 bridgehead atoms. The summed E-state index contributed by atoms with van der Waals surface area (Å²) >= 11 is 2.37. The second-order valence-corrected chi connectivity index (χ2v) is 4.27. The Labute approximate surface area is 104 Å². The van der Waals surface area contributed by atoms with E-state index in [1.807, 2.05) is 0 Å². The van der Waals surface area contributed by atoms with Gasteiger partial charge in [-0.25, -0.2) is 0 Å². The number of rotatable bonds is 1. The van der Waals surface area contributed by atoms with Crippen molar-refractivity contribution in [3.8, 4) is 0 Å². The summed E-state index contributed by atoms with van der Waals surface area (Å²) in [4.78, 5) is 0. The van der Waals surface area contributed by atoms with Crippen molar-refractivity contribution >= 4 is 35.0 Å². The van der Waals surface area contributed by atoms with Crippen LogP contribution in [0.2, 0.25) is 0 Å². The molecule has 0 amide bonds. The molecule has 0 aromatic heterocycles. The van der Waals surface area contributed by atoms with Crippen LogP contribution in [-0.2, 0) is 4.74 Å². The van der Waals surface area contributed by atoms with Gasteiger partial charge in [0.05, 0.1) is 19.3 Å². The molecule has 0 radical (unpaired) electrons. The fraction of sp³-hybridized carbons (Fsp3) is 0.400. The van der Waals surface area contributed by atoms with Gasteiger partial charge in [-0.2, -0.15) is 0 Å². The molecule has 1 N–H and O–H groups in total. The van der Waals surface area contributed by atoms with Gasteiger partial charge in [-0.15, -0.1) is 12.4 Å². The molecule has 1 aliphatic heterocycles. The van der Waals surface area contributed by atoms with Crippen molar-refractivity contribution in [3.63, 3.8) is 0 Å². The van der Waals surface area contributed by atoms with Gasteiger partial charge in [-0.3, -0.25) is 0 Å². The van der Waals surface area contributed by atoms with Gasteiger partial charge in [0.2, 0.25) is 0 Å². The van der Waals surface area contributed by atoms with Gasteiger partial charge in [0.15, 0.2) is 0 Å².